The van der Waals surface area contributed by atoms with Crippen molar-refractivity contribution in [3.05, 3.63) is 0 Å². The Morgan fingerprint density at radius 1 is 1.10 bits per heavy atom. The van der Waals surface area contributed by atoms with Crippen LogP contribution in [0.25, 0.3) is 0 Å². The van der Waals surface area contributed by atoms with Crippen LogP contribution in [0.3, 0.4) is 0 Å². The molecule has 0 aliphatic rings. The van der Waals surface area contributed by atoms with Gasteiger partial charge in [0, 0.05) is 21.3 Å². The predicted octanol–water partition coefficient (Wildman–Crippen LogP) is -0.0318. The minimum atomic E-state index is -1.67. The smallest absolute Gasteiger partial charge is 0.379 e. The van der Waals surface area contributed by atoms with Gasteiger partial charge in [-0.2, -0.15) is 0 Å². The van der Waals surface area contributed by atoms with E-state index in [1.165, 1.54) is 5.32 Å². The molecule has 0 bridgehead atoms. The molecular formula is C5H16O3SeSi. The van der Waals surface area contributed by atoms with Crippen molar-refractivity contribution >= 4 is 25.5 Å². The zero-order valence-electron chi connectivity index (χ0n) is 6.96. The molecule has 10 heavy (non-hydrogen) atoms. The summed E-state index contributed by atoms with van der Waals surface area (Å²) in [5.74, 6) is 0. The van der Waals surface area contributed by atoms with E-state index in [-0.39, 0.29) is 0 Å². The minimum absolute atomic E-state index is 1.19. The molecule has 0 aliphatic carbocycles. The molecule has 5 heteroatoms. The van der Waals surface area contributed by atoms with Gasteiger partial charge in [-0.15, -0.1) is 0 Å². The third-order valence-corrected chi connectivity index (χ3v) is 1.73. The molecule has 0 saturated carbocycles. The van der Waals surface area contributed by atoms with Gasteiger partial charge in [0.15, 0.2) is 0 Å². The van der Waals surface area contributed by atoms with Crippen LogP contribution >= 0.6 is 0 Å². The Kier molecular flexibility index (Phi) is 16.3. The van der Waals surface area contributed by atoms with E-state index in [4.69, 9.17) is 13.3 Å². The second kappa shape index (κ2) is 12.3. The van der Waals surface area contributed by atoms with Crippen LogP contribution in [0.15, 0.2) is 0 Å². The molecule has 64 valence electrons. The van der Waals surface area contributed by atoms with E-state index in [0.29, 0.717) is 0 Å². The van der Waals surface area contributed by atoms with E-state index >= 15 is 0 Å². The Bertz CT molecular complexity index is 46.6. The summed E-state index contributed by atoms with van der Waals surface area (Å²) in [5.41, 5.74) is 0. The fraction of sp³-hybridized carbons (Fsp3) is 1.00. The van der Waals surface area contributed by atoms with Gasteiger partial charge in [0.05, 0.1) is 0 Å². The van der Waals surface area contributed by atoms with Gasteiger partial charge in [-0.3, -0.25) is 0 Å². The van der Waals surface area contributed by atoms with Crippen LogP contribution in [0.5, 0.6) is 0 Å². The molecule has 0 fully saturated rings. The van der Waals surface area contributed by atoms with Gasteiger partial charge in [-0.25, -0.2) is 0 Å². The van der Waals surface area contributed by atoms with Gasteiger partial charge in [-0.05, 0) is 0 Å². The van der Waals surface area contributed by atoms with E-state index in [0.717, 1.165) is 0 Å². The van der Waals surface area contributed by atoms with Crippen LogP contribution in [0.4, 0.5) is 0 Å². The molecule has 0 heterocycles. The summed E-state index contributed by atoms with van der Waals surface area (Å²) in [6, 6.07) is 0. The Hall–Kier alpha value is 0.616. The first-order valence-electron chi connectivity index (χ1n) is 2.96. The summed E-state index contributed by atoms with van der Waals surface area (Å²) in [7, 11) is 3.05. The Morgan fingerprint density at radius 3 is 1.30 bits per heavy atom. The van der Waals surface area contributed by atoms with Crippen molar-refractivity contribution in [1.82, 2.24) is 0 Å². The fourth-order valence-electron chi connectivity index (χ4n) is 0.289. The molecule has 0 rings (SSSR count). The molecule has 0 atom stereocenters. The van der Waals surface area contributed by atoms with Gasteiger partial charge in [-0.1, -0.05) is 0 Å². The summed E-state index contributed by atoms with van der Waals surface area (Å²) in [6.45, 7) is 2.10. The topological polar surface area (TPSA) is 27.7 Å². The van der Waals surface area contributed by atoms with E-state index in [1.54, 1.807) is 21.3 Å². The Morgan fingerprint density at radius 2 is 1.30 bits per heavy atom. The first-order valence-corrected chi connectivity index (χ1v) is 5.70. The second-order valence-electron chi connectivity index (χ2n) is 1.31. The molecule has 0 radical (unpaired) electrons. The van der Waals surface area contributed by atoms with Crippen LogP contribution in [-0.4, -0.2) is 46.9 Å². The standard InChI is InChI=1S/C3H10O3Si.C2H6Se/c1-4-7(5-2)6-3;1-2-3/h7H,1-3H3;3H,2H2,1H3. The van der Waals surface area contributed by atoms with Crippen molar-refractivity contribution in [2.24, 2.45) is 0 Å². The minimum Gasteiger partial charge on any atom is -0.379 e. The largest absolute Gasteiger partial charge is 0.483 e. The monoisotopic (exact) mass is 232 g/mol. The first-order chi connectivity index (χ1) is 4.76. The quantitative estimate of drug-likeness (QED) is 0.638. The fourth-order valence-corrected chi connectivity index (χ4v) is 0.866. The third-order valence-electron chi connectivity index (χ3n) is 0.577. The molecule has 0 unspecified atom stereocenters. The zero-order valence-corrected chi connectivity index (χ0v) is 9.99. The molecule has 0 aromatic rings. The van der Waals surface area contributed by atoms with Crippen LogP contribution < -0.4 is 0 Å². The average molecular weight is 231 g/mol. The number of hydrogen-bond donors (Lipinski definition) is 0. The molecular weight excluding hydrogens is 215 g/mol. The second-order valence-corrected chi connectivity index (χ2v) is 4.63. The molecule has 0 N–H and O–H groups in total. The SMILES string of the molecule is CC[SeH].CO[SiH](OC)OC. The van der Waals surface area contributed by atoms with Crippen molar-refractivity contribution in [2.75, 3.05) is 21.3 Å². The molecule has 0 saturated heterocycles. The van der Waals surface area contributed by atoms with Crippen LogP contribution in [0.2, 0.25) is 5.32 Å². The van der Waals surface area contributed by atoms with Crippen molar-refractivity contribution < 1.29 is 13.3 Å². The molecule has 0 amide bonds. The molecule has 0 aromatic heterocycles. The van der Waals surface area contributed by atoms with Crippen LogP contribution in [0, 0.1) is 0 Å². The summed E-state index contributed by atoms with van der Waals surface area (Å²) in [6.07, 6.45) is 0. The number of hydrogen-bond acceptors (Lipinski definition) is 3. The van der Waals surface area contributed by atoms with E-state index in [9.17, 15) is 0 Å². The van der Waals surface area contributed by atoms with Crippen LogP contribution in [-0.2, 0) is 13.3 Å². The van der Waals surface area contributed by atoms with E-state index in [2.05, 4.69) is 22.9 Å². The van der Waals surface area contributed by atoms with Gasteiger partial charge in [0.25, 0.3) is 0 Å². The normalized spacial score (nSPS) is 9.00. The molecule has 0 spiro atoms. The van der Waals surface area contributed by atoms with Gasteiger partial charge in [0.1, 0.15) is 0 Å². The van der Waals surface area contributed by atoms with Crippen molar-refractivity contribution in [1.29, 1.82) is 0 Å². The third kappa shape index (κ3) is 11.4. The summed E-state index contributed by atoms with van der Waals surface area (Å²) in [5, 5.41) is 1.19. The number of rotatable bonds is 3. The molecule has 3 nitrogen and oxygen atoms in total. The van der Waals surface area contributed by atoms with Gasteiger partial charge in [0.2, 0.25) is 0 Å². The maximum atomic E-state index is 4.74. The van der Waals surface area contributed by atoms with Crippen molar-refractivity contribution in [2.45, 2.75) is 12.2 Å². The Labute approximate surface area is 72.8 Å². The summed E-state index contributed by atoms with van der Waals surface area (Å²) < 4.78 is 14.2. The zero-order chi connectivity index (χ0) is 8.41. The molecule has 0 aliphatic heterocycles. The summed E-state index contributed by atoms with van der Waals surface area (Å²) in [4.78, 5) is 0. The van der Waals surface area contributed by atoms with Crippen molar-refractivity contribution in [3.63, 3.8) is 0 Å². The maximum absolute atomic E-state index is 4.74. The van der Waals surface area contributed by atoms with E-state index in [1.807, 2.05) is 0 Å². The average Bonchev–Trinajstić information content (AvgIpc) is 1.93. The van der Waals surface area contributed by atoms with Crippen LogP contribution in [0.1, 0.15) is 6.92 Å². The Balaban J connectivity index is 0. The van der Waals surface area contributed by atoms with Gasteiger partial charge >= 0.3 is 37.8 Å². The first kappa shape index (κ1) is 13.2. The molecule has 0 aromatic carbocycles. The van der Waals surface area contributed by atoms with Gasteiger partial charge < -0.3 is 13.3 Å². The van der Waals surface area contributed by atoms with E-state index < -0.39 is 9.53 Å². The summed E-state index contributed by atoms with van der Waals surface area (Å²) >= 11 is 2.47. The maximum Gasteiger partial charge on any atom is 0.483 e. The predicted molar refractivity (Wildman–Crippen MR) is 45.8 cm³/mol. The van der Waals surface area contributed by atoms with Crippen molar-refractivity contribution in [3.8, 4) is 0 Å².